The molecule has 2 rings (SSSR count). The third kappa shape index (κ3) is 12.5. The number of hydrogen-bond donors (Lipinski definition) is 2. The fourth-order valence-electron chi connectivity index (χ4n) is 3.28. The second-order valence-electron chi connectivity index (χ2n) is 9.67. The first kappa shape index (κ1) is 33.0. The number of aliphatic imine (C=N–C) groups is 1. The SMILES string of the molecule is C/C=C(Cl)\C(=N/C(C)Cl)Nc1ccc(CN(C)C(=O)OC(C)(C)C)c(CCc2cncc(N)c2)c1.C=CC. The highest BCUT2D eigenvalue weighted by atomic mass is 35.5. The first-order valence-electron chi connectivity index (χ1n) is 12.4. The number of nitrogens with one attached hydrogen (secondary N) is 1. The Balaban J connectivity index is 0.00000229. The van der Waals surface area contributed by atoms with Crippen molar-refractivity contribution in [3.05, 3.63) is 77.1 Å². The lowest BCUT2D eigenvalue weighted by molar-refractivity contribution is 0.0285. The number of amidine groups is 1. The van der Waals surface area contributed by atoms with Crippen molar-refractivity contribution in [1.29, 1.82) is 0 Å². The van der Waals surface area contributed by atoms with E-state index >= 15 is 0 Å². The molecule has 3 N–H and O–H groups in total. The van der Waals surface area contributed by atoms with Gasteiger partial charge >= 0.3 is 6.09 Å². The van der Waals surface area contributed by atoms with Crippen molar-refractivity contribution in [3.8, 4) is 0 Å². The molecule has 1 aromatic carbocycles. The summed E-state index contributed by atoms with van der Waals surface area (Å²) in [6.07, 6.45) is 8.01. The molecule has 9 heteroatoms. The van der Waals surface area contributed by atoms with Crippen molar-refractivity contribution in [3.63, 3.8) is 0 Å². The number of nitrogen functional groups attached to an aromatic ring is 1. The Morgan fingerprint density at radius 1 is 1.24 bits per heavy atom. The topological polar surface area (TPSA) is 92.8 Å². The van der Waals surface area contributed by atoms with Crippen molar-refractivity contribution >= 4 is 46.5 Å². The first-order valence-corrected chi connectivity index (χ1v) is 13.2. The number of alkyl halides is 1. The van der Waals surface area contributed by atoms with E-state index in [2.05, 4.69) is 21.9 Å². The number of benzene rings is 1. The molecular formula is C29H41Cl2N5O2. The summed E-state index contributed by atoms with van der Waals surface area (Å²) < 4.78 is 5.51. The van der Waals surface area contributed by atoms with Gasteiger partial charge in [0.1, 0.15) is 16.9 Å². The number of nitrogens with two attached hydrogens (primary N) is 1. The minimum atomic E-state index is -0.566. The van der Waals surface area contributed by atoms with Crippen molar-refractivity contribution in [2.75, 3.05) is 18.1 Å². The second-order valence-corrected chi connectivity index (χ2v) is 10.7. The van der Waals surface area contributed by atoms with E-state index in [1.807, 2.05) is 65.1 Å². The normalized spacial score (nSPS) is 12.7. The van der Waals surface area contributed by atoms with Crippen molar-refractivity contribution in [1.82, 2.24) is 9.88 Å². The smallest absolute Gasteiger partial charge is 0.410 e. The van der Waals surface area contributed by atoms with E-state index in [1.165, 1.54) is 0 Å². The second kappa shape index (κ2) is 16.0. The van der Waals surface area contributed by atoms with Gasteiger partial charge in [0.25, 0.3) is 0 Å². The van der Waals surface area contributed by atoms with Gasteiger partial charge in [0.05, 0.1) is 10.7 Å². The quantitative estimate of drug-likeness (QED) is 0.114. The highest BCUT2D eigenvalue weighted by molar-refractivity contribution is 6.45. The maximum absolute atomic E-state index is 12.5. The van der Waals surface area contributed by atoms with Gasteiger partial charge in [-0.05, 0) is 89.3 Å². The van der Waals surface area contributed by atoms with Gasteiger partial charge < -0.3 is 20.7 Å². The molecule has 1 amide bonds. The van der Waals surface area contributed by atoms with Crippen LogP contribution >= 0.6 is 23.2 Å². The van der Waals surface area contributed by atoms with Gasteiger partial charge in [-0.1, -0.05) is 41.4 Å². The van der Waals surface area contributed by atoms with Crippen LogP contribution in [0, 0.1) is 0 Å². The molecule has 38 heavy (non-hydrogen) atoms. The summed E-state index contributed by atoms with van der Waals surface area (Å²) in [6, 6.07) is 7.87. The van der Waals surface area contributed by atoms with Gasteiger partial charge in [0.15, 0.2) is 0 Å². The Hall–Kier alpha value is -3.03. The fourth-order valence-corrected chi connectivity index (χ4v) is 3.47. The number of carbonyl (C=O) groups is 1. The molecule has 2 aromatic rings. The van der Waals surface area contributed by atoms with Gasteiger partial charge in [0.2, 0.25) is 0 Å². The zero-order chi connectivity index (χ0) is 28.9. The number of allylic oxidation sites excluding steroid dienone is 2. The van der Waals surface area contributed by atoms with E-state index in [9.17, 15) is 4.79 Å². The Bertz CT molecular complexity index is 1120. The lowest BCUT2D eigenvalue weighted by atomic mass is 9.99. The van der Waals surface area contributed by atoms with Gasteiger partial charge in [-0.25, -0.2) is 9.79 Å². The number of ether oxygens (including phenoxy) is 1. The molecular weight excluding hydrogens is 521 g/mol. The largest absolute Gasteiger partial charge is 0.444 e. The number of rotatable bonds is 8. The number of pyridine rings is 1. The summed E-state index contributed by atoms with van der Waals surface area (Å²) in [7, 11) is 1.73. The summed E-state index contributed by atoms with van der Waals surface area (Å²) in [4.78, 5) is 22.7. The number of halogens is 2. The highest BCUT2D eigenvalue weighted by Gasteiger charge is 2.20. The van der Waals surface area contributed by atoms with Crippen molar-refractivity contribution < 1.29 is 9.53 Å². The molecule has 1 aromatic heterocycles. The predicted molar refractivity (Wildman–Crippen MR) is 162 cm³/mol. The van der Waals surface area contributed by atoms with Gasteiger partial charge in [0, 0.05) is 31.7 Å². The molecule has 0 bridgehead atoms. The first-order chi connectivity index (χ1) is 17.8. The third-order valence-electron chi connectivity index (χ3n) is 4.87. The van der Waals surface area contributed by atoms with Crippen LogP contribution in [0.15, 0.2) is 65.4 Å². The summed E-state index contributed by atoms with van der Waals surface area (Å²) in [5.41, 5.74) is 9.42. The van der Waals surface area contributed by atoms with Crippen LogP contribution in [0.2, 0.25) is 0 Å². The zero-order valence-electron chi connectivity index (χ0n) is 23.5. The van der Waals surface area contributed by atoms with E-state index in [4.69, 9.17) is 33.7 Å². The van der Waals surface area contributed by atoms with E-state index < -0.39 is 11.1 Å². The van der Waals surface area contributed by atoms with E-state index in [0.717, 1.165) is 28.8 Å². The lowest BCUT2D eigenvalue weighted by Gasteiger charge is -2.25. The number of nitrogens with zero attached hydrogens (tertiary/aromatic N) is 3. The van der Waals surface area contributed by atoms with Gasteiger partial charge in [-0.2, -0.15) is 0 Å². The molecule has 7 nitrogen and oxygen atoms in total. The molecule has 0 spiro atoms. The van der Waals surface area contributed by atoms with Crippen molar-refractivity contribution in [2.45, 2.75) is 72.0 Å². The van der Waals surface area contributed by atoms with Crippen LogP contribution in [0.3, 0.4) is 0 Å². The number of aryl methyl sites for hydroxylation is 2. The summed E-state index contributed by atoms with van der Waals surface area (Å²) in [6.45, 7) is 14.8. The van der Waals surface area contributed by atoms with Crippen LogP contribution in [-0.2, 0) is 24.1 Å². The molecule has 0 aliphatic rings. The lowest BCUT2D eigenvalue weighted by Crippen LogP contribution is -2.34. The van der Waals surface area contributed by atoms with Gasteiger partial charge in [-0.3, -0.25) is 4.98 Å². The monoisotopic (exact) mass is 561 g/mol. The highest BCUT2D eigenvalue weighted by Crippen LogP contribution is 2.22. The van der Waals surface area contributed by atoms with Crippen LogP contribution in [0.4, 0.5) is 16.2 Å². The number of amides is 1. The van der Waals surface area contributed by atoms with Crippen LogP contribution < -0.4 is 11.1 Å². The average Bonchev–Trinajstić information content (AvgIpc) is 2.82. The molecule has 0 fully saturated rings. The predicted octanol–water partition coefficient (Wildman–Crippen LogP) is 7.55. The molecule has 0 aliphatic heterocycles. The van der Waals surface area contributed by atoms with E-state index in [1.54, 1.807) is 37.2 Å². The number of carbonyl (C=O) groups excluding carboxylic acids is 1. The van der Waals surface area contributed by atoms with Gasteiger partial charge in [-0.15, -0.1) is 6.58 Å². The maximum atomic E-state index is 12.5. The molecule has 0 saturated carbocycles. The number of hydrogen-bond acceptors (Lipinski definition) is 5. The minimum Gasteiger partial charge on any atom is -0.444 e. The Labute approximate surface area is 237 Å². The van der Waals surface area contributed by atoms with Crippen LogP contribution in [0.5, 0.6) is 0 Å². The molecule has 1 heterocycles. The molecule has 0 aliphatic carbocycles. The molecule has 1 atom stereocenters. The molecule has 208 valence electrons. The molecule has 1 unspecified atom stereocenters. The number of anilines is 2. The molecule has 0 radical (unpaired) electrons. The summed E-state index contributed by atoms with van der Waals surface area (Å²) in [5.74, 6) is 0.487. The fraction of sp³-hybridized carbons (Fsp3) is 0.414. The summed E-state index contributed by atoms with van der Waals surface area (Å²) >= 11 is 12.4. The van der Waals surface area contributed by atoms with Crippen molar-refractivity contribution in [2.24, 2.45) is 4.99 Å². The molecule has 0 saturated heterocycles. The maximum Gasteiger partial charge on any atom is 0.410 e. The van der Waals surface area contributed by atoms with Crippen LogP contribution in [0.25, 0.3) is 0 Å². The summed E-state index contributed by atoms with van der Waals surface area (Å²) in [5, 5.41) is 3.74. The van der Waals surface area contributed by atoms with Crippen LogP contribution in [0.1, 0.15) is 58.2 Å². The minimum absolute atomic E-state index is 0.379. The van der Waals surface area contributed by atoms with E-state index in [0.29, 0.717) is 29.5 Å². The standard InChI is InChI=1S/C26H35Cl2N5O2.C3H6/c1-7-23(28)24(31-17(2)27)32-22-11-10-20(16-33(6)25(34)35-26(3,4)5)19(13-22)9-8-18-12-21(29)15-30-14-18;1-3-2/h7,10-15,17H,8-9,16,29H2,1-6H3,(H,31,32);3H,1H2,2H3/b23-7+;. The third-order valence-corrected chi connectivity index (χ3v) is 5.36. The Kier molecular flexibility index (Phi) is 13.9. The Morgan fingerprint density at radius 3 is 2.45 bits per heavy atom. The van der Waals surface area contributed by atoms with Crippen LogP contribution in [-0.4, -0.2) is 40.0 Å². The number of aromatic nitrogens is 1. The Morgan fingerprint density at radius 2 is 1.89 bits per heavy atom. The average molecular weight is 563 g/mol. The zero-order valence-corrected chi connectivity index (χ0v) is 25.0. The van der Waals surface area contributed by atoms with E-state index in [-0.39, 0.29) is 6.09 Å².